The fraction of sp³-hybridized carbons (Fsp3) is 0.250. The summed E-state index contributed by atoms with van der Waals surface area (Å²) in [6, 6.07) is 6.53. The van der Waals surface area contributed by atoms with E-state index in [1.54, 1.807) is 6.07 Å². The van der Waals surface area contributed by atoms with Crippen molar-refractivity contribution in [2.24, 2.45) is 5.73 Å². The summed E-state index contributed by atoms with van der Waals surface area (Å²) in [6.45, 7) is 0.589. The summed E-state index contributed by atoms with van der Waals surface area (Å²) in [6.07, 6.45) is 1.05. The molecule has 2 aromatic rings. The molecule has 2 N–H and O–H groups in total. The highest BCUT2D eigenvalue weighted by Gasteiger charge is 2.22. The van der Waals surface area contributed by atoms with Crippen LogP contribution in [-0.4, -0.2) is 6.61 Å². The van der Waals surface area contributed by atoms with Gasteiger partial charge in [0.25, 0.3) is 0 Å². The largest absolute Gasteiger partial charge is 0.493 e. The third-order valence-electron chi connectivity index (χ3n) is 3.64. The normalized spacial score (nSPS) is 14.7. The Kier molecular flexibility index (Phi) is 3.83. The molecule has 0 amide bonds. The first-order chi connectivity index (χ1) is 10.1. The van der Waals surface area contributed by atoms with Crippen LogP contribution in [0, 0.1) is 11.6 Å². The zero-order valence-corrected chi connectivity index (χ0v) is 12.0. The predicted molar refractivity (Wildman–Crippen MR) is 77.6 cm³/mol. The van der Waals surface area contributed by atoms with Gasteiger partial charge in [-0.25, -0.2) is 8.78 Å². The van der Waals surface area contributed by atoms with E-state index in [9.17, 15) is 8.78 Å². The maximum absolute atomic E-state index is 13.8. The van der Waals surface area contributed by atoms with Crippen LogP contribution in [0.4, 0.5) is 8.78 Å². The van der Waals surface area contributed by atoms with Crippen molar-refractivity contribution in [2.45, 2.75) is 18.9 Å². The Morgan fingerprint density at radius 1 is 1.24 bits per heavy atom. The van der Waals surface area contributed by atoms with Gasteiger partial charge in [0.1, 0.15) is 17.4 Å². The molecule has 0 aliphatic carbocycles. The Labute approximate surface area is 126 Å². The summed E-state index contributed by atoms with van der Waals surface area (Å²) in [5.74, 6) is -0.532. The number of benzene rings is 2. The molecule has 1 unspecified atom stereocenters. The minimum Gasteiger partial charge on any atom is -0.493 e. The topological polar surface area (TPSA) is 35.2 Å². The van der Waals surface area contributed by atoms with E-state index in [1.807, 2.05) is 6.07 Å². The molecule has 3 rings (SSSR count). The number of halogens is 3. The van der Waals surface area contributed by atoms with Crippen LogP contribution in [-0.2, 0) is 12.8 Å². The van der Waals surface area contributed by atoms with Crippen molar-refractivity contribution in [2.75, 3.05) is 6.61 Å². The van der Waals surface area contributed by atoms with Crippen molar-refractivity contribution in [3.8, 4) is 5.75 Å². The molecule has 1 heterocycles. The molecule has 5 heteroatoms. The Morgan fingerprint density at radius 3 is 2.67 bits per heavy atom. The lowest BCUT2D eigenvalue weighted by atomic mass is 9.96. The van der Waals surface area contributed by atoms with E-state index < -0.39 is 17.7 Å². The number of hydrogen-bond acceptors (Lipinski definition) is 2. The van der Waals surface area contributed by atoms with Gasteiger partial charge in [-0.3, -0.25) is 0 Å². The lowest BCUT2D eigenvalue weighted by molar-refractivity contribution is 0.352. The number of ether oxygens (including phenoxy) is 1. The maximum atomic E-state index is 13.8. The van der Waals surface area contributed by atoms with Gasteiger partial charge in [0.2, 0.25) is 0 Å². The average Bonchev–Trinajstić information content (AvgIpc) is 2.86. The quantitative estimate of drug-likeness (QED) is 0.936. The molecule has 1 aliphatic rings. The van der Waals surface area contributed by atoms with E-state index in [0.717, 1.165) is 23.3 Å². The van der Waals surface area contributed by atoms with Gasteiger partial charge in [-0.2, -0.15) is 0 Å². The average molecular weight is 310 g/mol. The highest BCUT2D eigenvalue weighted by Crippen LogP contribution is 2.35. The Balaban J connectivity index is 1.94. The summed E-state index contributed by atoms with van der Waals surface area (Å²) in [7, 11) is 0. The van der Waals surface area contributed by atoms with Gasteiger partial charge in [0.15, 0.2) is 0 Å². The van der Waals surface area contributed by atoms with E-state index >= 15 is 0 Å². The molecule has 0 aromatic heterocycles. The van der Waals surface area contributed by atoms with Gasteiger partial charge in [-0.1, -0.05) is 17.7 Å². The summed E-state index contributed by atoms with van der Waals surface area (Å²) >= 11 is 6.08. The fourth-order valence-corrected chi connectivity index (χ4v) is 2.96. The van der Waals surface area contributed by atoms with Gasteiger partial charge in [-0.05, 0) is 41.8 Å². The van der Waals surface area contributed by atoms with Crippen molar-refractivity contribution < 1.29 is 13.5 Å². The molecule has 1 aliphatic heterocycles. The van der Waals surface area contributed by atoms with Gasteiger partial charge in [0, 0.05) is 23.0 Å². The minimum atomic E-state index is -0.794. The first-order valence-corrected chi connectivity index (χ1v) is 7.07. The first-order valence-electron chi connectivity index (χ1n) is 6.70. The van der Waals surface area contributed by atoms with Crippen molar-refractivity contribution in [3.63, 3.8) is 0 Å². The molecule has 2 aromatic carbocycles. The molecular weight excluding hydrogens is 296 g/mol. The molecule has 21 heavy (non-hydrogen) atoms. The van der Waals surface area contributed by atoms with E-state index in [4.69, 9.17) is 22.1 Å². The molecule has 0 saturated carbocycles. The van der Waals surface area contributed by atoms with Crippen LogP contribution in [0.2, 0.25) is 5.02 Å². The van der Waals surface area contributed by atoms with E-state index in [0.29, 0.717) is 11.6 Å². The molecule has 1 atom stereocenters. The second-order valence-electron chi connectivity index (χ2n) is 5.10. The van der Waals surface area contributed by atoms with Crippen molar-refractivity contribution in [1.82, 2.24) is 0 Å². The van der Waals surface area contributed by atoms with Gasteiger partial charge < -0.3 is 10.5 Å². The van der Waals surface area contributed by atoms with Crippen LogP contribution >= 0.6 is 11.6 Å². The van der Waals surface area contributed by atoms with Crippen LogP contribution in [0.5, 0.6) is 5.75 Å². The van der Waals surface area contributed by atoms with E-state index in [2.05, 4.69) is 0 Å². The number of fused-ring (bicyclic) bond motifs is 1. The van der Waals surface area contributed by atoms with E-state index in [1.165, 1.54) is 18.2 Å². The Bertz CT molecular complexity index is 670. The lowest BCUT2D eigenvalue weighted by Crippen LogP contribution is -2.17. The lowest BCUT2D eigenvalue weighted by Gasteiger charge is -2.16. The van der Waals surface area contributed by atoms with Crippen molar-refractivity contribution >= 4 is 11.6 Å². The Morgan fingerprint density at radius 2 is 1.95 bits per heavy atom. The number of hydrogen-bond donors (Lipinski definition) is 1. The summed E-state index contributed by atoms with van der Waals surface area (Å²) in [4.78, 5) is 0. The van der Waals surface area contributed by atoms with Gasteiger partial charge in [0.05, 0.1) is 6.61 Å². The third kappa shape index (κ3) is 2.74. The monoisotopic (exact) mass is 309 g/mol. The summed E-state index contributed by atoms with van der Waals surface area (Å²) < 4.78 is 33.1. The smallest absolute Gasteiger partial charge is 0.130 e. The van der Waals surface area contributed by atoms with Crippen molar-refractivity contribution in [1.29, 1.82) is 0 Å². The highest BCUT2D eigenvalue weighted by molar-refractivity contribution is 6.30. The fourth-order valence-electron chi connectivity index (χ4n) is 2.70. The summed E-state index contributed by atoms with van der Waals surface area (Å²) in [5.41, 5.74) is 7.68. The molecule has 110 valence electrons. The summed E-state index contributed by atoms with van der Waals surface area (Å²) in [5, 5.41) is 0.579. The standard InChI is InChI=1S/C16H14ClF2NO/c17-11-6-9-4-5-21-16(9)10(7-11)8-14(20)15-12(18)2-1-3-13(15)19/h1-3,6-7,14H,4-5,8,20H2. The molecule has 0 fully saturated rings. The maximum Gasteiger partial charge on any atom is 0.130 e. The highest BCUT2D eigenvalue weighted by atomic mass is 35.5. The van der Waals surface area contributed by atoms with Gasteiger partial charge >= 0.3 is 0 Å². The van der Waals surface area contributed by atoms with Crippen LogP contribution in [0.25, 0.3) is 0 Å². The number of rotatable bonds is 3. The molecule has 0 saturated heterocycles. The Hall–Kier alpha value is -1.65. The van der Waals surface area contributed by atoms with Gasteiger partial charge in [-0.15, -0.1) is 0 Å². The van der Waals surface area contributed by atoms with Crippen LogP contribution in [0.1, 0.15) is 22.7 Å². The zero-order valence-electron chi connectivity index (χ0n) is 11.2. The van der Waals surface area contributed by atoms with Crippen LogP contribution in [0.3, 0.4) is 0 Å². The third-order valence-corrected chi connectivity index (χ3v) is 3.85. The predicted octanol–water partition coefficient (Wildman–Crippen LogP) is 3.80. The SMILES string of the molecule is NC(Cc1cc(Cl)cc2c1OCC2)c1c(F)cccc1F. The molecule has 2 nitrogen and oxygen atoms in total. The van der Waals surface area contributed by atoms with E-state index in [-0.39, 0.29) is 12.0 Å². The second-order valence-corrected chi connectivity index (χ2v) is 5.53. The minimum absolute atomic E-state index is 0.107. The zero-order chi connectivity index (χ0) is 15.0. The van der Waals surface area contributed by atoms with Crippen LogP contribution < -0.4 is 10.5 Å². The molecule has 0 spiro atoms. The van der Waals surface area contributed by atoms with Crippen LogP contribution in [0.15, 0.2) is 30.3 Å². The molecular formula is C16H14ClF2NO. The number of nitrogens with two attached hydrogens (primary N) is 1. The van der Waals surface area contributed by atoms with Crippen molar-refractivity contribution in [3.05, 3.63) is 63.7 Å². The first kappa shape index (κ1) is 14.3. The second kappa shape index (κ2) is 5.62. The molecule has 0 bridgehead atoms. The molecule has 0 radical (unpaired) electrons.